The van der Waals surface area contributed by atoms with E-state index in [2.05, 4.69) is 6.58 Å². The molecule has 0 aromatic carbocycles. The Bertz CT molecular complexity index is 747. The van der Waals surface area contributed by atoms with Gasteiger partial charge in [-0.1, -0.05) is 26.8 Å². The molecule has 0 unspecified atom stereocenters. The second kappa shape index (κ2) is 6.36. The van der Waals surface area contributed by atoms with Gasteiger partial charge in [0.25, 0.3) is 0 Å². The minimum absolute atomic E-state index is 0.136. The molecule has 0 spiro atoms. The molecule has 29 heavy (non-hydrogen) atoms. The lowest BCUT2D eigenvalue weighted by Crippen LogP contribution is -2.86. The lowest BCUT2D eigenvalue weighted by Gasteiger charge is -2.71. The van der Waals surface area contributed by atoms with Crippen LogP contribution in [0, 0.1) is 16.7 Å². The van der Waals surface area contributed by atoms with Crippen molar-refractivity contribution < 1.29 is 34.4 Å². The van der Waals surface area contributed by atoms with Crippen molar-refractivity contribution in [2.24, 2.45) is 16.7 Å². The first kappa shape index (κ1) is 22.4. The molecule has 0 bridgehead atoms. The molecule has 8 atom stereocenters. The van der Waals surface area contributed by atoms with Crippen LogP contribution in [-0.4, -0.2) is 62.2 Å². The van der Waals surface area contributed by atoms with Crippen molar-refractivity contribution >= 4 is 11.8 Å². The third kappa shape index (κ3) is 2.63. The highest BCUT2D eigenvalue weighted by Crippen LogP contribution is 2.67. The molecule has 3 N–H and O–H groups in total. The molecule has 3 rings (SSSR count). The zero-order valence-corrected chi connectivity index (χ0v) is 18.2. The summed E-state index contributed by atoms with van der Waals surface area (Å²) in [7, 11) is 0. The minimum Gasteiger partial charge on any atom is -0.459 e. The number of ketones is 1. The van der Waals surface area contributed by atoms with Gasteiger partial charge in [0.2, 0.25) is 0 Å². The van der Waals surface area contributed by atoms with Crippen LogP contribution in [0.5, 0.6) is 0 Å². The fourth-order valence-corrected chi connectivity index (χ4v) is 6.60. The average molecular weight is 411 g/mol. The molecule has 7 heteroatoms. The van der Waals surface area contributed by atoms with Crippen molar-refractivity contribution in [1.29, 1.82) is 0 Å². The Balaban J connectivity index is 2.32. The van der Waals surface area contributed by atoms with Crippen molar-refractivity contribution in [2.45, 2.75) is 95.9 Å². The fraction of sp³-hybridized carbons (Fsp3) is 0.818. The van der Waals surface area contributed by atoms with E-state index < -0.39 is 63.6 Å². The van der Waals surface area contributed by atoms with Crippen molar-refractivity contribution in [3.63, 3.8) is 0 Å². The Labute approximate surface area is 172 Å². The van der Waals surface area contributed by atoms with Gasteiger partial charge in [-0.2, -0.15) is 0 Å². The normalized spacial score (nSPS) is 51.6. The molecule has 164 valence electrons. The molecular formula is C22H34O7. The van der Waals surface area contributed by atoms with Crippen LogP contribution >= 0.6 is 0 Å². The molecule has 0 aromatic heterocycles. The lowest BCUT2D eigenvalue weighted by molar-refractivity contribution is -0.370. The molecule has 2 saturated carbocycles. The number of fused-ring (bicyclic) bond motifs is 3. The summed E-state index contributed by atoms with van der Waals surface area (Å²) in [6.45, 7) is 13.6. The van der Waals surface area contributed by atoms with Gasteiger partial charge in [0, 0.05) is 24.7 Å². The molecule has 0 aromatic rings. The Morgan fingerprint density at radius 2 is 1.83 bits per heavy atom. The van der Waals surface area contributed by atoms with E-state index >= 15 is 0 Å². The van der Waals surface area contributed by atoms with Gasteiger partial charge in [0.1, 0.15) is 17.8 Å². The highest BCUT2D eigenvalue weighted by atomic mass is 16.6. The Morgan fingerprint density at radius 1 is 1.24 bits per heavy atom. The monoisotopic (exact) mass is 410 g/mol. The van der Waals surface area contributed by atoms with Gasteiger partial charge in [-0.05, 0) is 32.1 Å². The third-order valence-electron chi connectivity index (χ3n) is 8.04. The summed E-state index contributed by atoms with van der Waals surface area (Å²) in [4.78, 5) is 25.5. The number of carbonyl (C=O) groups excluding carboxylic acids is 2. The molecule has 1 saturated heterocycles. The summed E-state index contributed by atoms with van der Waals surface area (Å²) < 4.78 is 11.8. The second-order valence-corrected chi connectivity index (χ2v) is 10.4. The number of rotatable bonds is 2. The number of aliphatic hydroxyl groups excluding tert-OH is 2. The maximum atomic E-state index is 13.5. The molecule has 0 radical (unpaired) electrons. The van der Waals surface area contributed by atoms with Gasteiger partial charge in [0.15, 0.2) is 11.4 Å². The summed E-state index contributed by atoms with van der Waals surface area (Å²) in [6.07, 6.45) is -1.30. The lowest BCUT2D eigenvalue weighted by atomic mass is 9.40. The summed E-state index contributed by atoms with van der Waals surface area (Å²) in [5.41, 5.74) is -7.03. The van der Waals surface area contributed by atoms with Crippen LogP contribution in [-0.2, 0) is 19.1 Å². The number of hydrogen-bond donors (Lipinski definition) is 3. The Hall–Kier alpha value is -1.28. The van der Waals surface area contributed by atoms with E-state index in [1.54, 1.807) is 13.8 Å². The van der Waals surface area contributed by atoms with Crippen LogP contribution in [0.4, 0.5) is 0 Å². The molecule has 0 amide bonds. The third-order valence-corrected chi connectivity index (χ3v) is 8.04. The van der Waals surface area contributed by atoms with Gasteiger partial charge in [-0.15, -0.1) is 6.58 Å². The zero-order valence-electron chi connectivity index (χ0n) is 18.2. The molecule has 3 aliphatic rings. The standard InChI is InChI=1S/C22H34O7/c1-8-19(5)11-14(25)22(27)20(6)13(24)9-10-18(3,4)16(20)15(28-12(2)23)17(26)21(22,7)29-19/h8,13,15-17,24,26-27H,1,9-11H2,2-7H3/t13-,15-,16-,17-,19-,20-,21-,22-/m1/s1. The minimum atomic E-state index is -2.18. The maximum absolute atomic E-state index is 13.5. The highest BCUT2D eigenvalue weighted by molar-refractivity contribution is 5.92. The summed E-state index contributed by atoms with van der Waals surface area (Å²) in [5, 5.41) is 34.6. The van der Waals surface area contributed by atoms with Crippen molar-refractivity contribution in [3.05, 3.63) is 12.7 Å². The van der Waals surface area contributed by atoms with Crippen LogP contribution in [0.1, 0.15) is 60.8 Å². The Kier molecular flexibility index (Phi) is 4.91. The zero-order chi connectivity index (χ0) is 22.2. The summed E-state index contributed by atoms with van der Waals surface area (Å²) in [5.74, 6) is -1.77. The largest absolute Gasteiger partial charge is 0.459 e. The molecule has 7 nitrogen and oxygen atoms in total. The maximum Gasteiger partial charge on any atom is 0.303 e. The number of aliphatic hydroxyl groups is 3. The van der Waals surface area contributed by atoms with Crippen molar-refractivity contribution in [3.8, 4) is 0 Å². The first-order valence-corrected chi connectivity index (χ1v) is 10.2. The van der Waals surface area contributed by atoms with Crippen LogP contribution in [0.2, 0.25) is 0 Å². The number of esters is 1. The quantitative estimate of drug-likeness (QED) is 0.467. The smallest absolute Gasteiger partial charge is 0.303 e. The van der Waals surface area contributed by atoms with Gasteiger partial charge in [-0.25, -0.2) is 0 Å². The van der Waals surface area contributed by atoms with Gasteiger partial charge < -0.3 is 24.8 Å². The number of carbonyl (C=O) groups is 2. The van der Waals surface area contributed by atoms with E-state index in [1.807, 2.05) is 13.8 Å². The van der Waals surface area contributed by atoms with Gasteiger partial charge in [-0.3, -0.25) is 9.59 Å². The van der Waals surface area contributed by atoms with Gasteiger partial charge in [0.05, 0.1) is 11.7 Å². The molecular weight excluding hydrogens is 376 g/mol. The first-order valence-electron chi connectivity index (χ1n) is 10.2. The Morgan fingerprint density at radius 3 is 2.34 bits per heavy atom. The van der Waals surface area contributed by atoms with Crippen molar-refractivity contribution in [2.75, 3.05) is 0 Å². The van der Waals surface area contributed by atoms with E-state index in [0.717, 1.165) is 0 Å². The van der Waals surface area contributed by atoms with Crippen LogP contribution in [0.25, 0.3) is 0 Å². The SMILES string of the molecule is C=C[C@]1(C)CC(=O)[C@@]2(O)[C@]3(C)[C@H](O)CCC(C)(C)[C@H]3[C@@H](OC(C)=O)[C@@H](O)[C@@]2(C)O1. The predicted molar refractivity (Wildman–Crippen MR) is 105 cm³/mol. The van der Waals surface area contributed by atoms with Crippen LogP contribution in [0.3, 0.4) is 0 Å². The molecule has 1 heterocycles. The average Bonchev–Trinajstić information content (AvgIpc) is 2.60. The second-order valence-electron chi connectivity index (χ2n) is 10.4. The number of ether oxygens (including phenoxy) is 2. The van der Waals surface area contributed by atoms with Gasteiger partial charge >= 0.3 is 5.97 Å². The fourth-order valence-electron chi connectivity index (χ4n) is 6.60. The summed E-state index contributed by atoms with van der Waals surface area (Å²) >= 11 is 0. The van der Waals surface area contributed by atoms with E-state index in [9.17, 15) is 24.9 Å². The highest BCUT2D eigenvalue weighted by Gasteiger charge is 2.81. The summed E-state index contributed by atoms with van der Waals surface area (Å²) in [6, 6.07) is 0. The van der Waals surface area contributed by atoms with Crippen LogP contribution < -0.4 is 0 Å². The number of hydrogen-bond acceptors (Lipinski definition) is 7. The van der Waals surface area contributed by atoms with E-state index in [4.69, 9.17) is 9.47 Å². The molecule has 2 aliphatic carbocycles. The van der Waals surface area contributed by atoms with E-state index in [1.165, 1.54) is 19.9 Å². The predicted octanol–water partition coefficient (Wildman–Crippen LogP) is 1.52. The van der Waals surface area contributed by atoms with Crippen molar-refractivity contribution in [1.82, 2.24) is 0 Å². The molecule has 1 aliphatic heterocycles. The topological polar surface area (TPSA) is 113 Å². The first-order chi connectivity index (χ1) is 13.1. The van der Waals surface area contributed by atoms with E-state index in [-0.39, 0.29) is 6.42 Å². The molecule has 3 fully saturated rings. The van der Waals surface area contributed by atoms with E-state index in [0.29, 0.717) is 12.8 Å². The number of Topliss-reactive ketones (excluding diaryl/α,β-unsaturated/α-hetero) is 1. The van der Waals surface area contributed by atoms with Crippen LogP contribution in [0.15, 0.2) is 12.7 Å².